The first kappa shape index (κ1) is 14.9. The zero-order chi connectivity index (χ0) is 13.4. The van der Waals surface area contributed by atoms with Crippen molar-refractivity contribution < 1.29 is 4.74 Å². The highest BCUT2D eigenvalue weighted by Gasteiger charge is 2.03. The maximum atomic E-state index is 5.31. The van der Waals surface area contributed by atoms with Crippen LogP contribution in [0.15, 0.2) is 12.1 Å². The summed E-state index contributed by atoms with van der Waals surface area (Å²) in [4.78, 5) is 2.04. The fraction of sp³-hybridized carbons (Fsp3) is 0.692. The molecule has 102 valence electrons. The second-order valence-corrected chi connectivity index (χ2v) is 4.54. The molecule has 1 aromatic heterocycles. The van der Waals surface area contributed by atoms with Gasteiger partial charge in [-0.1, -0.05) is 13.8 Å². The molecule has 1 aromatic rings. The van der Waals surface area contributed by atoms with Crippen LogP contribution in [0.4, 0.5) is 5.82 Å². The normalized spacial score (nSPS) is 10.9. The zero-order valence-electron chi connectivity index (χ0n) is 11.8. The predicted molar refractivity (Wildman–Crippen MR) is 73.8 cm³/mol. The molecule has 0 unspecified atom stereocenters. The molecule has 0 aliphatic heterocycles. The van der Waals surface area contributed by atoms with Crippen LogP contribution in [0.1, 0.15) is 26.5 Å². The molecule has 0 fully saturated rings. The SMILES string of the molecule is CCOCCN(C)c1ccc(CNC(C)C)nn1. The number of likely N-dealkylation sites (N-methyl/N-ethyl adjacent to an activating group) is 1. The van der Waals surface area contributed by atoms with Gasteiger partial charge in [0.05, 0.1) is 12.3 Å². The van der Waals surface area contributed by atoms with Crippen molar-refractivity contribution in [3.05, 3.63) is 17.8 Å². The number of hydrogen-bond donors (Lipinski definition) is 1. The van der Waals surface area contributed by atoms with E-state index in [1.54, 1.807) is 0 Å². The number of aromatic nitrogens is 2. The Morgan fingerprint density at radius 1 is 1.33 bits per heavy atom. The Hall–Kier alpha value is -1.20. The van der Waals surface area contributed by atoms with Gasteiger partial charge in [-0.05, 0) is 19.1 Å². The lowest BCUT2D eigenvalue weighted by Gasteiger charge is -2.17. The van der Waals surface area contributed by atoms with Gasteiger partial charge in [0, 0.05) is 32.8 Å². The third-order valence-electron chi connectivity index (χ3n) is 2.56. The van der Waals surface area contributed by atoms with Crippen molar-refractivity contribution >= 4 is 5.82 Å². The lowest BCUT2D eigenvalue weighted by atomic mass is 10.3. The first-order valence-corrected chi connectivity index (χ1v) is 6.48. The quantitative estimate of drug-likeness (QED) is 0.710. The average molecular weight is 252 g/mol. The Kier molecular flexibility index (Phi) is 6.60. The number of hydrogen-bond acceptors (Lipinski definition) is 5. The minimum Gasteiger partial charge on any atom is -0.380 e. The van der Waals surface area contributed by atoms with Crippen LogP contribution in [0.3, 0.4) is 0 Å². The summed E-state index contributed by atoms with van der Waals surface area (Å²) in [7, 11) is 2.00. The highest BCUT2D eigenvalue weighted by molar-refractivity contribution is 5.35. The van der Waals surface area contributed by atoms with Crippen LogP contribution < -0.4 is 10.2 Å². The molecular weight excluding hydrogens is 228 g/mol. The van der Waals surface area contributed by atoms with E-state index in [4.69, 9.17) is 4.74 Å². The largest absolute Gasteiger partial charge is 0.380 e. The van der Waals surface area contributed by atoms with Crippen molar-refractivity contribution in [2.75, 3.05) is 31.7 Å². The van der Waals surface area contributed by atoms with E-state index in [1.165, 1.54) is 0 Å². The lowest BCUT2D eigenvalue weighted by Crippen LogP contribution is -2.25. The number of ether oxygens (including phenoxy) is 1. The monoisotopic (exact) mass is 252 g/mol. The lowest BCUT2D eigenvalue weighted by molar-refractivity contribution is 0.154. The maximum absolute atomic E-state index is 5.31. The van der Waals surface area contributed by atoms with Crippen molar-refractivity contribution in [2.45, 2.75) is 33.4 Å². The van der Waals surface area contributed by atoms with Crippen LogP contribution >= 0.6 is 0 Å². The molecule has 1 rings (SSSR count). The van der Waals surface area contributed by atoms with E-state index in [0.29, 0.717) is 12.6 Å². The smallest absolute Gasteiger partial charge is 0.151 e. The predicted octanol–water partition coefficient (Wildman–Crippen LogP) is 1.45. The summed E-state index contributed by atoms with van der Waals surface area (Å²) in [5.74, 6) is 0.878. The minimum absolute atomic E-state index is 0.459. The summed E-state index contributed by atoms with van der Waals surface area (Å²) in [6.45, 7) is 9.27. The van der Waals surface area contributed by atoms with Gasteiger partial charge in [-0.15, -0.1) is 5.10 Å². The molecule has 18 heavy (non-hydrogen) atoms. The van der Waals surface area contributed by atoms with Gasteiger partial charge in [0.2, 0.25) is 0 Å². The van der Waals surface area contributed by atoms with Crippen LogP contribution in [0.5, 0.6) is 0 Å². The standard InChI is InChI=1S/C13H24N4O/c1-5-18-9-8-17(4)13-7-6-12(15-16-13)10-14-11(2)3/h6-7,11,14H,5,8-10H2,1-4H3. The first-order chi connectivity index (χ1) is 8.63. The van der Waals surface area contributed by atoms with E-state index in [0.717, 1.165) is 31.2 Å². The zero-order valence-corrected chi connectivity index (χ0v) is 11.8. The molecule has 0 aromatic carbocycles. The molecule has 0 aliphatic rings. The summed E-state index contributed by atoms with van der Waals surface area (Å²) in [5, 5.41) is 11.7. The third-order valence-corrected chi connectivity index (χ3v) is 2.56. The van der Waals surface area contributed by atoms with Gasteiger partial charge in [-0.2, -0.15) is 5.10 Å². The Balaban J connectivity index is 2.43. The summed E-state index contributed by atoms with van der Waals surface area (Å²) in [6, 6.07) is 4.46. The number of rotatable bonds is 8. The molecular formula is C13H24N4O. The van der Waals surface area contributed by atoms with E-state index >= 15 is 0 Å². The van der Waals surface area contributed by atoms with Gasteiger partial charge in [-0.3, -0.25) is 0 Å². The van der Waals surface area contributed by atoms with Gasteiger partial charge in [-0.25, -0.2) is 0 Å². The molecule has 0 spiro atoms. The molecule has 0 radical (unpaired) electrons. The van der Waals surface area contributed by atoms with Gasteiger partial charge in [0.1, 0.15) is 0 Å². The molecule has 1 N–H and O–H groups in total. The molecule has 5 nitrogen and oxygen atoms in total. The highest BCUT2D eigenvalue weighted by Crippen LogP contribution is 2.07. The molecule has 5 heteroatoms. The van der Waals surface area contributed by atoms with Gasteiger partial charge < -0.3 is 15.0 Å². The highest BCUT2D eigenvalue weighted by atomic mass is 16.5. The second-order valence-electron chi connectivity index (χ2n) is 4.54. The van der Waals surface area contributed by atoms with Gasteiger partial charge in [0.25, 0.3) is 0 Å². The molecule has 1 heterocycles. The molecule has 0 aliphatic carbocycles. The van der Waals surface area contributed by atoms with Crippen LogP contribution in [0.25, 0.3) is 0 Å². The molecule has 0 saturated heterocycles. The topological polar surface area (TPSA) is 50.3 Å². The third kappa shape index (κ3) is 5.42. The van der Waals surface area contributed by atoms with Crippen LogP contribution in [-0.4, -0.2) is 43.0 Å². The number of anilines is 1. The van der Waals surface area contributed by atoms with Crippen LogP contribution in [0.2, 0.25) is 0 Å². The number of nitrogens with zero attached hydrogens (tertiary/aromatic N) is 3. The fourth-order valence-corrected chi connectivity index (χ4v) is 1.42. The van der Waals surface area contributed by atoms with E-state index in [9.17, 15) is 0 Å². The van der Waals surface area contributed by atoms with Crippen LogP contribution in [-0.2, 0) is 11.3 Å². The van der Waals surface area contributed by atoms with E-state index in [2.05, 4.69) is 29.4 Å². The second kappa shape index (κ2) is 8.00. The van der Waals surface area contributed by atoms with Crippen molar-refractivity contribution in [2.24, 2.45) is 0 Å². The minimum atomic E-state index is 0.459. The number of nitrogens with one attached hydrogen (secondary N) is 1. The van der Waals surface area contributed by atoms with Crippen molar-refractivity contribution in [1.82, 2.24) is 15.5 Å². The first-order valence-electron chi connectivity index (χ1n) is 6.48. The Labute approximate surface area is 110 Å². The molecule has 0 saturated carbocycles. The van der Waals surface area contributed by atoms with Crippen molar-refractivity contribution in [3.8, 4) is 0 Å². The van der Waals surface area contributed by atoms with E-state index in [-0.39, 0.29) is 0 Å². The fourth-order valence-electron chi connectivity index (χ4n) is 1.42. The molecule has 0 bridgehead atoms. The van der Waals surface area contributed by atoms with Crippen LogP contribution in [0, 0.1) is 0 Å². The summed E-state index contributed by atoms with van der Waals surface area (Å²) in [5.41, 5.74) is 0.964. The van der Waals surface area contributed by atoms with E-state index < -0.39 is 0 Å². The van der Waals surface area contributed by atoms with E-state index in [1.807, 2.05) is 31.0 Å². The Bertz CT molecular complexity index is 326. The Morgan fingerprint density at radius 3 is 2.67 bits per heavy atom. The van der Waals surface area contributed by atoms with Gasteiger partial charge in [0.15, 0.2) is 5.82 Å². The van der Waals surface area contributed by atoms with Gasteiger partial charge >= 0.3 is 0 Å². The van der Waals surface area contributed by atoms with Crippen molar-refractivity contribution in [3.63, 3.8) is 0 Å². The summed E-state index contributed by atoms with van der Waals surface area (Å²) in [6.07, 6.45) is 0. The van der Waals surface area contributed by atoms with Crippen molar-refractivity contribution in [1.29, 1.82) is 0 Å². The summed E-state index contributed by atoms with van der Waals surface area (Å²) < 4.78 is 5.31. The summed E-state index contributed by atoms with van der Waals surface area (Å²) >= 11 is 0. The molecule has 0 amide bonds. The average Bonchev–Trinajstić information content (AvgIpc) is 2.37. The molecule has 0 atom stereocenters. The maximum Gasteiger partial charge on any atom is 0.151 e. The Morgan fingerprint density at radius 2 is 2.11 bits per heavy atom.